The number of carbonyl (C=O) groups excluding carboxylic acids is 2. The topological polar surface area (TPSA) is 79.5 Å². The fraction of sp³-hybridized carbons (Fsp3) is 0.263. The van der Waals surface area contributed by atoms with Crippen molar-refractivity contribution in [1.29, 1.82) is 0 Å². The van der Waals surface area contributed by atoms with Crippen LogP contribution in [0, 0.1) is 0 Å². The molecule has 3 N–H and O–H groups in total. The summed E-state index contributed by atoms with van der Waals surface area (Å²) in [4.78, 5) is 24.2. The molecule has 0 aromatic heterocycles. The Morgan fingerprint density at radius 2 is 2.00 bits per heavy atom. The smallest absolute Gasteiger partial charge is 0.319 e. The van der Waals surface area contributed by atoms with Crippen LogP contribution in [0.25, 0.3) is 0 Å². The molecule has 0 saturated carbocycles. The largest absolute Gasteiger partial charge is 0.493 e. The molecule has 1 heterocycles. The van der Waals surface area contributed by atoms with Gasteiger partial charge in [-0.1, -0.05) is 24.3 Å². The van der Waals surface area contributed by atoms with Crippen LogP contribution in [0.3, 0.4) is 0 Å². The van der Waals surface area contributed by atoms with Crippen molar-refractivity contribution >= 4 is 17.6 Å². The van der Waals surface area contributed by atoms with Gasteiger partial charge in [-0.05, 0) is 31.2 Å². The minimum absolute atomic E-state index is 0.100. The summed E-state index contributed by atoms with van der Waals surface area (Å²) in [7, 11) is 0. The minimum atomic E-state index is -0.310. The molecule has 0 fully saturated rings. The minimum Gasteiger partial charge on any atom is -0.493 e. The quantitative estimate of drug-likeness (QED) is 0.801. The molecule has 1 atom stereocenters. The number of ether oxygens (including phenoxy) is 1. The van der Waals surface area contributed by atoms with Crippen LogP contribution in [0.5, 0.6) is 5.75 Å². The highest BCUT2D eigenvalue weighted by molar-refractivity contribution is 5.96. The Morgan fingerprint density at radius 3 is 2.84 bits per heavy atom. The van der Waals surface area contributed by atoms with Crippen molar-refractivity contribution in [1.82, 2.24) is 10.6 Å². The molecule has 0 radical (unpaired) electrons. The highest BCUT2D eigenvalue weighted by atomic mass is 16.5. The lowest BCUT2D eigenvalue weighted by molar-refractivity contribution is 0.0956. The van der Waals surface area contributed by atoms with Crippen molar-refractivity contribution in [3.05, 3.63) is 59.7 Å². The molecule has 1 aliphatic rings. The van der Waals surface area contributed by atoms with Gasteiger partial charge in [0.1, 0.15) is 5.75 Å². The standard InChI is InChI=1S/C19H21N3O3/c1-2-20-18(23)13-6-5-7-14(12-13)21-19(24)22-16-10-11-25-17-9-4-3-8-15(16)17/h3-9,12,16H,2,10-11H2,1H3,(H,20,23)(H2,21,22,24)/t16-/m1/s1. The molecule has 3 amide bonds. The molecule has 0 unspecified atom stereocenters. The third-order valence-corrected chi connectivity index (χ3v) is 3.98. The molecule has 0 bridgehead atoms. The van der Waals surface area contributed by atoms with Crippen molar-refractivity contribution in [2.45, 2.75) is 19.4 Å². The van der Waals surface area contributed by atoms with E-state index in [1.54, 1.807) is 24.3 Å². The molecular formula is C19H21N3O3. The third-order valence-electron chi connectivity index (χ3n) is 3.98. The first-order valence-electron chi connectivity index (χ1n) is 8.35. The highest BCUT2D eigenvalue weighted by Crippen LogP contribution is 2.31. The van der Waals surface area contributed by atoms with Crippen LogP contribution in [-0.2, 0) is 0 Å². The first-order valence-corrected chi connectivity index (χ1v) is 8.35. The van der Waals surface area contributed by atoms with E-state index in [1.165, 1.54) is 0 Å². The number of rotatable bonds is 4. The number of fused-ring (bicyclic) bond motifs is 1. The number of anilines is 1. The van der Waals surface area contributed by atoms with Crippen molar-refractivity contribution in [2.24, 2.45) is 0 Å². The van der Waals surface area contributed by atoms with Crippen LogP contribution in [-0.4, -0.2) is 25.1 Å². The number of urea groups is 1. The molecule has 0 saturated heterocycles. The lowest BCUT2D eigenvalue weighted by Crippen LogP contribution is -2.35. The molecule has 6 heteroatoms. The van der Waals surface area contributed by atoms with Crippen LogP contribution in [0.15, 0.2) is 48.5 Å². The Kier molecular flexibility index (Phi) is 5.18. The number of carbonyl (C=O) groups is 2. The van der Waals surface area contributed by atoms with Gasteiger partial charge >= 0.3 is 6.03 Å². The maximum Gasteiger partial charge on any atom is 0.319 e. The van der Waals surface area contributed by atoms with Gasteiger partial charge in [-0.25, -0.2) is 4.79 Å². The molecule has 2 aromatic rings. The molecule has 6 nitrogen and oxygen atoms in total. The van der Waals surface area contributed by atoms with E-state index < -0.39 is 0 Å². The van der Waals surface area contributed by atoms with Gasteiger partial charge in [-0.15, -0.1) is 0 Å². The Labute approximate surface area is 146 Å². The second-order valence-corrected chi connectivity index (χ2v) is 5.77. The fourth-order valence-corrected chi connectivity index (χ4v) is 2.82. The van der Waals surface area contributed by atoms with E-state index in [4.69, 9.17) is 4.74 Å². The zero-order valence-corrected chi connectivity index (χ0v) is 14.0. The Morgan fingerprint density at radius 1 is 1.16 bits per heavy atom. The van der Waals surface area contributed by atoms with E-state index in [0.717, 1.165) is 11.3 Å². The molecule has 3 rings (SSSR count). The molecular weight excluding hydrogens is 318 g/mol. The average Bonchev–Trinajstić information content (AvgIpc) is 2.62. The van der Waals surface area contributed by atoms with Gasteiger partial charge in [0.15, 0.2) is 0 Å². The SMILES string of the molecule is CCNC(=O)c1cccc(NC(=O)N[C@@H]2CCOc3ccccc32)c1. The van der Waals surface area contributed by atoms with Gasteiger partial charge in [-0.3, -0.25) is 4.79 Å². The summed E-state index contributed by atoms with van der Waals surface area (Å²) >= 11 is 0. The van der Waals surface area contributed by atoms with E-state index in [0.29, 0.717) is 30.8 Å². The summed E-state index contributed by atoms with van der Waals surface area (Å²) in [5.41, 5.74) is 2.05. The van der Waals surface area contributed by atoms with Crippen LogP contribution in [0.2, 0.25) is 0 Å². The van der Waals surface area contributed by atoms with E-state index in [1.807, 2.05) is 31.2 Å². The zero-order valence-electron chi connectivity index (χ0n) is 14.0. The molecule has 1 aliphatic heterocycles. The zero-order chi connectivity index (χ0) is 17.6. The van der Waals surface area contributed by atoms with Gasteiger partial charge in [-0.2, -0.15) is 0 Å². The number of amides is 3. The van der Waals surface area contributed by atoms with Crippen molar-refractivity contribution in [3.8, 4) is 5.75 Å². The Hall–Kier alpha value is -3.02. The van der Waals surface area contributed by atoms with Crippen molar-refractivity contribution < 1.29 is 14.3 Å². The Bertz CT molecular complexity index is 776. The maximum absolute atomic E-state index is 12.3. The second kappa shape index (κ2) is 7.70. The number of benzene rings is 2. The van der Waals surface area contributed by atoms with Gasteiger partial charge in [0.05, 0.1) is 12.6 Å². The number of nitrogens with one attached hydrogen (secondary N) is 3. The van der Waals surface area contributed by atoms with E-state index in [2.05, 4.69) is 16.0 Å². The summed E-state index contributed by atoms with van der Waals surface area (Å²) in [6.45, 7) is 2.98. The summed E-state index contributed by atoms with van der Waals surface area (Å²) in [6, 6.07) is 14.1. The maximum atomic E-state index is 12.3. The molecule has 130 valence electrons. The monoisotopic (exact) mass is 339 g/mol. The number of para-hydroxylation sites is 1. The predicted octanol–water partition coefficient (Wildman–Crippen LogP) is 3.08. The Balaban J connectivity index is 1.66. The van der Waals surface area contributed by atoms with Crippen molar-refractivity contribution in [3.63, 3.8) is 0 Å². The fourth-order valence-electron chi connectivity index (χ4n) is 2.82. The van der Waals surface area contributed by atoms with Crippen LogP contribution < -0.4 is 20.7 Å². The molecule has 0 aliphatic carbocycles. The van der Waals surface area contributed by atoms with Gasteiger partial charge in [0.25, 0.3) is 5.91 Å². The van der Waals surface area contributed by atoms with Crippen LogP contribution in [0.4, 0.5) is 10.5 Å². The molecule has 25 heavy (non-hydrogen) atoms. The van der Waals surface area contributed by atoms with Crippen LogP contribution in [0.1, 0.15) is 35.3 Å². The van der Waals surface area contributed by atoms with E-state index in [-0.39, 0.29) is 18.0 Å². The van der Waals surface area contributed by atoms with E-state index in [9.17, 15) is 9.59 Å². The first-order chi connectivity index (χ1) is 12.2. The summed E-state index contributed by atoms with van der Waals surface area (Å²) in [5, 5.41) is 8.49. The lowest BCUT2D eigenvalue weighted by atomic mass is 10.0. The highest BCUT2D eigenvalue weighted by Gasteiger charge is 2.22. The summed E-state index contributed by atoms with van der Waals surface area (Å²) < 4.78 is 5.60. The van der Waals surface area contributed by atoms with Gasteiger partial charge in [0, 0.05) is 29.8 Å². The van der Waals surface area contributed by atoms with Gasteiger partial charge in [0.2, 0.25) is 0 Å². The number of hydrogen-bond acceptors (Lipinski definition) is 3. The lowest BCUT2D eigenvalue weighted by Gasteiger charge is -2.26. The third kappa shape index (κ3) is 4.09. The molecule has 2 aromatic carbocycles. The predicted molar refractivity (Wildman–Crippen MR) is 95.9 cm³/mol. The van der Waals surface area contributed by atoms with Crippen molar-refractivity contribution in [2.75, 3.05) is 18.5 Å². The first kappa shape index (κ1) is 16.8. The van der Waals surface area contributed by atoms with E-state index >= 15 is 0 Å². The summed E-state index contributed by atoms with van der Waals surface area (Å²) in [6.07, 6.45) is 0.712. The normalized spacial score (nSPS) is 15.5. The van der Waals surface area contributed by atoms with Gasteiger partial charge < -0.3 is 20.7 Å². The second-order valence-electron chi connectivity index (χ2n) is 5.77. The average molecular weight is 339 g/mol. The van der Waals surface area contributed by atoms with Crippen LogP contribution >= 0.6 is 0 Å². The summed E-state index contributed by atoms with van der Waals surface area (Å²) in [5.74, 6) is 0.641. The number of hydrogen-bond donors (Lipinski definition) is 3. The molecule has 0 spiro atoms.